The molecule has 0 atom stereocenters. The van der Waals surface area contributed by atoms with Gasteiger partial charge in [-0.15, -0.1) is 5.10 Å². The number of nitrogen functional groups attached to an aromatic ring is 1. The first kappa shape index (κ1) is 13.4. The van der Waals surface area contributed by atoms with Crippen LogP contribution in [-0.2, 0) is 17.9 Å². The molecule has 1 aromatic carbocycles. The quantitative estimate of drug-likeness (QED) is 0.911. The predicted molar refractivity (Wildman–Crippen MR) is 72.4 cm³/mol. The average molecular weight is 280 g/mol. The number of anilines is 1. The molecule has 2 aromatic rings. The van der Waals surface area contributed by atoms with Gasteiger partial charge in [-0.1, -0.05) is 23.7 Å². The molecule has 2 rings (SSSR count). The number of halogens is 1. The van der Waals surface area contributed by atoms with E-state index in [1.165, 1.54) is 11.0 Å². The van der Waals surface area contributed by atoms with Gasteiger partial charge in [-0.05, 0) is 17.7 Å². The monoisotopic (exact) mass is 279 g/mol. The zero-order valence-corrected chi connectivity index (χ0v) is 11.2. The molecule has 0 saturated carbocycles. The maximum absolute atomic E-state index is 12.0. The van der Waals surface area contributed by atoms with Gasteiger partial charge in [0, 0.05) is 18.6 Å². The lowest BCUT2D eigenvalue weighted by Gasteiger charge is -2.17. The second-order valence-corrected chi connectivity index (χ2v) is 4.61. The van der Waals surface area contributed by atoms with E-state index in [1.807, 2.05) is 12.1 Å². The summed E-state index contributed by atoms with van der Waals surface area (Å²) in [5, 5.41) is 4.55. The Morgan fingerprint density at radius 3 is 2.68 bits per heavy atom. The SMILES string of the molecule is CN(Cc1ccc(Cl)cc1)C(=O)Cn1cnc(N)n1. The van der Waals surface area contributed by atoms with E-state index >= 15 is 0 Å². The summed E-state index contributed by atoms with van der Waals surface area (Å²) in [6.45, 7) is 0.633. The number of amides is 1. The fourth-order valence-corrected chi connectivity index (χ4v) is 1.72. The Hall–Kier alpha value is -2.08. The summed E-state index contributed by atoms with van der Waals surface area (Å²) in [7, 11) is 1.73. The Morgan fingerprint density at radius 1 is 1.42 bits per heavy atom. The third-order valence-electron chi connectivity index (χ3n) is 2.61. The van der Waals surface area contributed by atoms with Crippen molar-refractivity contribution in [3.05, 3.63) is 41.2 Å². The molecule has 0 fully saturated rings. The minimum Gasteiger partial charge on any atom is -0.367 e. The van der Waals surface area contributed by atoms with Crippen LogP contribution in [0.15, 0.2) is 30.6 Å². The molecule has 100 valence electrons. The van der Waals surface area contributed by atoms with E-state index in [-0.39, 0.29) is 18.4 Å². The molecule has 0 aliphatic rings. The summed E-state index contributed by atoms with van der Waals surface area (Å²) < 4.78 is 1.41. The predicted octanol–water partition coefficient (Wildman–Crippen LogP) is 1.17. The highest BCUT2D eigenvalue weighted by molar-refractivity contribution is 6.30. The van der Waals surface area contributed by atoms with Crippen LogP contribution in [0.3, 0.4) is 0 Å². The molecule has 19 heavy (non-hydrogen) atoms. The third kappa shape index (κ3) is 3.69. The van der Waals surface area contributed by atoms with E-state index in [2.05, 4.69) is 10.1 Å². The number of nitrogens with zero attached hydrogens (tertiary/aromatic N) is 4. The van der Waals surface area contributed by atoms with Crippen LogP contribution in [0, 0.1) is 0 Å². The van der Waals surface area contributed by atoms with Gasteiger partial charge in [0.25, 0.3) is 0 Å². The molecular formula is C12H14ClN5O. The number of hydrogen-bond donors (Lipinski definition) is 1. The van der Waals surface area contributed by atoms with E-state index in [9.17, 15) is 4.79 Å². The van der Waals surface area contributed by atoms with E-state index in [4.69, 9.17) is 17.3 Å². The highest BCUT2D eigenvalue weighted by atomic mass is 35.5. The number of likely N-dealkylation sites (N-methyl/N-ethyl adjacent to an activating group) is 1. The number of aromatic nitrogens is 3. The van der Waals surface area contributed by atoms with Crippen molar-refractivity contribution < 1.29 is 4.79 Å². The van der Waals surface area contributed by atoms with Crippen LogP contribution >= 0.6 is 11.6 Å². The van der Waals surface area contributed by atoms with Crippen LogP contribution in [0.1, 0.15) is 5.56 Å². The normalized spacial score (nSPS) is 10.4. The summed E-state index contributed by atoms with van der Waals surface area (Å²) >= 11 is 5.81. The van der Waals surface area contributed by atoms with E-state index in [1.54, 1.807) is 24.1 Å². The largest absolute Gasteiger partial charge is 0.367 e. The molecule has 6 nitrogen and oxygen atoms in total. The smallest absolute Gasteiger partial charge is 0.244 e. The standard InChI is InChI=1S/C12H14ClN5O/c1-17(6-9-2-4-10(13)5-3-9)11(19)7-18-8-15-12(14)16-18/h2-5,8H,6-7H2,1H3,(H2,14,16). The Balaban J connectivity index is 1.94. The van der Waals surface area contributed by atoms with Crippen LogP contribution in [-0.4, -0.2) is 32.6 Å². The number of benzene rings is 1. The van der Waals surface area contributed by atoms with Crippen LogP contribution in [0.25, 0.3) is 0 Å². The molecule has 1 aromatic heterocycles. The maximum Gasteiger partial charge on any atom is 0.244 e. The van der Waals surface area contributed by atoms with E-state index in [0.29, 0.717) is 11.6 Å². The molecule has 0 bridgehead atoms. The topological polar surface area (TPSA) is 77.0 Å². The Labute approximate surface area is 115 Å². The molecule has 0 aliphatic heterocycles. The Bertz CT molecular complexity index is 566. The number of carbonyl (C=O) groups excluding carboxylic acids is 1. The van der Waals surface area contributed by atoms with Gasteiger partial charge >= 0.3 is 0 Å². The second-order valence-electron chi connectivity index (χ2n) is 4.18. The van der Waals surface area contributed by atoms with Gasteiger partial charge in [0.05, 0.1) is 0 Å². The number of carbonyl (C=O) groups is 1. The van der Waals surface area contributed by atoms with Crippen molar-refractivity contribution in [2.24, 2.45) is 0 Å². The fraction of sp³-hybridized carbons (Fsp3) is 0.250. The zero-order valence-electron chi connectivity index (χ0n) is 10.5. The lowest BCUT2D eigenvalue weighted by atomic mass is 10.2. The first-order chi connectivity index (χ1) is 9.04. The van der Waals surface area contributed by atoms with E-state index in [0.717, 1.165) is 5.56 Å². The molecule has 7 heteroatoms. The molecule has 0 unspecified atom stereocenters. The summed E-state index contributed by atoms with van der Waals surface area (Å²) in [6.07, 6.45) is 1.43. The minimum atomic E-state index is -0.0696. The second kappa shape index (κ2) is 5.71. The number of rotatable bonds is 4. The lowest BCUT2D eigenvalue weighted by molar-refractivity contribution is -0.131. The average Bonchev–Trinajstić information content (AvgIpc) is 2.77. The molecule has 0 radical (unpaired) electrons. The van der Waals surface area contributed by atoms with Gasteiger partial charge in [-0.25, -0.2) is 9.67 Å². The van der Waals surface area contributed by atoms with Crippen molar-refractivity contribution in [3.63, 3.8) is 0 Å². The van der Waals surface area contributed by atoms with Crippen molar-refractivity contribution >= 4 is 23.5 Å². The summed E-state index contributed by atoms with van der Waals surface area (Å²) in [5.74, 6) is 0.0907. The maximum atomic E-state index is 12.0. The Kier molecular flexibility index (Phi) is 4.01. The lowest BCUT2D eigenvalue weighted by Crippen LogP contribution is -2.29. The molecular weight excluding hydrogens is 266 g/mol. The van der Waals surface area contributed by atoms with Crippen molar-refractivity contribution in [2.45, 2.75) is 13.1 Å². The van der Waals surface area contributed by atoms with Crippen LogP contribution < -0.4 is 5.73 Å². The van der Waals surface area contributed by atoms with Crippen molar-refractivity contribution in [1.82, 2.24) is 19.7 Å². The third-order valence-corrected chi connectivity index (χ3v) is 2.86. The van der Waals surface area contributed by atoms with Gasteiger partial charge in [0.2, 0.25) is 11.9 Å². The van der Waals surface area contributed by atoms with Crippen LogP contribution in [0.4, 0.5) is 5.95 Å². The van der Waals surface area contributed by atoms with Gasteiger partial charge in [0.1, 0.15) is 12.9 Å². The number of hydrogen-bond acceptors (Lipinski definition) is 4. The highest BCUT2D eigenvalue weighted by Gasteiger charge is 2.11. The summed E-state index contributed by atoms with van der Waals surface area (Å²) in [6, 6.07) is 7.37. The van der Waals surface area contributed by atoms with Crippen molar-refractivity contribution in [2.75, 3.05) is 12.8 Å². The fourth-order valence-electron chi connectivity index (χ4n) is 1.60. The van der Waals surface area contributed by atoms with Gasteiger partial charge < -0.3 is 10.6 Å². The van der Waals surface area contributed by atoms with Crippen LogP contribution in [0.2, 0.25) is 5.02 Å². The highest BCUT2D eigenvalue weighted by Crippen LogP contribution is 2.11. The van der Waals surface area contributed by atoms with Gasteiger partial charge in [-0.3, -0.25) is 4.79 Å². The van der Waals surface area contributed by atoms with Crippen LogP contribution in [0.5, 0.6) is 0 Å². The molecule has 1 heterocycles. The molecule has 1 amide bonds. The minimum absolute atomic E-state index is 0.0696. The molecule has 0 spiro atoms. The molecule has 2 N–H and O–H groups in total. The van der Waals surface area contributed by atoms with Crippen molar-refractivity contribution in [3.8, 4) is 0 Å². The molecule has 0 saturated heterocycles. The summed E-state index contributed by atoms with van der Waals surface area (Å²) in [4.78, 5) is 17.3. The number of nitrogens with two attached hydrogens (primary N) is 1. The van der Waals surface area contributed by atoms with Crippen molar-refractivity contribution in [1.29, 1.82) is 0 Å². The van der Waals surface area contributed by atoms with E-state index < -0.39 is 0 Å². The van der Waals surface area contributed by atoms with Gasteiger partial charge in [-0.2, -0.15) is 0 Å². The van der Waals surface area contributed by atoms with Gasteiger partial charge in [0.15, 0.2) is 0 Å². The Morgan fingerprint density at radius 2 is 2.11 bits per heavy atom. The molecule has 0 aliphatic carbocycles. The zero-order chi connectivity index (χ0) is 13.8. The summed E-state index contributed by atoms with van der Waals surface area (Å²) in [5.41, 5.74) is 6.40. The first-order valence-electron chi connectivity index (χ1n) is 5.68. The first-order valence-corrected chi connectivity index (χ1v) is 6.06.